The van der Waals surface area contributed by atoms with Crippen molar-refractivity contribution in [3.05, 3.63) is 42.5 Å². The number of carbonyl (C=O) groups excluding carboxylic acids is 5. The third kappa shape index (κ3) is 8.58. The van der Waals surface area contributed by atoms with Crippen molar-refractivity contribution < 1.29 is 52.5 Å². The lowest BCUT2D eigenvalue weighted by atomic mass is 9.79. The maximum Gasteiger partial charge on any atom is 0.410 e. The van der Waals surface area contributed by atoms with Crippen molar-refractivity contribution >= 4 is 38.2 Å². The number of carbonyl (C=O) groups is 5. The fourth-order valence-electron chi connectivity index (χ4n) is 6.33. The lowest BCUT2D eigenvalue weighted by Gasteiger charge is -2.47. The summed E-state index contributed by atoms with van der Waals surface area (Å²) in [5, 5.41) is 10.8. The molecule has 282 valence electrons. The number of aliphatic hydroxyl groups is 1. The molecule has 0 aliphatic carbocycles. The molecule has 14 nitrogen and oxygen atoms in total. The summed E-state index contributed by atoms with van der Waals surface area (Å²) in [4.78, 5) is 69.7. The van der Waals surface area contributed by atoms with Gasteiger partial charge in [-0.05, 0) is 69.1 Å². The van der Waals surface area contributed by atoms with E-state index in [0.29, 0.717) is 18.7 Å². The molecule has 3 fully saturated rings. The Labute approximate surface area is 301 Å². The van der Waals surface area contributed by atoms with Crippen LogP contribution in [0.25, 0.3) is 0 Å². The van der Waals surface area contributed by atoms with Crippen LogP contribution in [-0.4, -0.2) is 135 Å². The van der Waals surface area contributed by atoms with Crippen LogP contribution in [0.5, 0.6) is 5.75 Å². The van der Waals surface area contributed by atoms with Crippen molar-refractivity contribution in [1.29, 1.82) is 0 Å². The average molecular weight is 732 g/mol. The Bertz CT molecular complexity index is 1430. The van der Waals surface area contributed by atoms with E-state index in [1.165, 1.54) is 15.9 Å². The van der Waals surface area contributed by atoms with Crippen LogP contribution in [0, 0.1) is 5.41 Å². The number of likely N-dealkylation sites (tertiary alicyclic amines) is 3. The summed E-state index contributed by atoms with van der Waals surface area (Å²) in [5.74, 6) is -2.11. The number of amides is 3. The molecule has 0 aromatic heterocycles. The topological polar surface area (TPSA) is 161 Å². The van der Waals surface area contributed by atoms with Crippen LogP contribution >= 0.6 is 0 Å². The second kappa shape index (κ2) is 16.2. The van der Waals surface area contributed by atoms with E-state index in [0.717, 1.165) is 0 Å². The highest BCUT2D eigenvalue weighted by atomic mass is 28.4. The molecule has 0 bridgehead atoms. The molecule has 1 N–H and O–H groups in total. The van der Waals surface area contributed by atoms with E-state index < -0.39 is 55.7 Å². The van der Waals surface area contributed by atoms with Crippen LogP contribution in [-0.2, 0) is 33.0 Å². The maximum absolute atomic E-state index is 13.6. The van der Waals surface area contributed by atoms with E-state index in [1.54, 1.807) is 43.0 Å². The summed E-state index contributed by atoms with van der Waals surface area (Å²) in [5.41, 5.74) is -1.36. The molecule has 0 unspecified atom stereocenters. The van der Waals surface area contributed by atoms with Gasteiger partial charge < -0.3 is 38.3 Å². The quantitative estimate of drug-likeness (QED) is 0.104. The van der Waals surface area contributed by atoms with Crippen LogP contribution in [0.1, 0.15) is 57.8 Å². The Kier molecular flexibility index (Phi) is 12.6. The SMILES string of the molecule is C=CCOC(=O)N1C[C@H](O[Si](C)(C)C(C)(C)C)C[C@H]1COc1ccc(C(=O)N2CC[C@H](O)[C@H]2C(=O)N2CC(C(=O)OCC)(C(=O)OCC)C2)cc1. The Balaban J connectivity index is 1.40. The van der Waals surface area contributed by atoms with E-state index in [1.807, 2.05) is 0 Å². The molecule has 4 rings (SSSR count). The minimum atomic E-state index is -2.10. The van der Waals surface area contributed by atoms with Crippen LogP contribution in [0.2, 0.25) is 18.1 Å². The van der Waals surface area contributed by atoms with Crippen LogP contribution in [0.15, 0.2) is 36.9 Å². The Morgan fingerprint density at radius 2 is 1.59 bits per heavy atom. The normalized spacial score (nSPS) is 22.9. The molecule has 0 radical (unpaired) electrons. The van der Waals surface area contributed by atoms with Gasteiger partial charge in [-0.2, -0.15) is 0 Å². The zero-order valence-corrected chi connectivity index (χ0v) is 31.8. The Morgan fingerprint density at radius 3 is 2.14 bits per heavy atom. The monoisotopic (exact) mass is 731 g/mol. The Hall–Kier alpha value is -3.95. The van der Waals surface area contributed by atoms with Crippen molar-refractivity contribution in [2.24, 2.45) is 5.41 Å². The number of hydrogen-bond donors (Lipinski definition) is 1. The van der Waals surface area contributed by atoms with Gasteiger partial charge in [0.2, 0.25) is 5.91 Å². The molecule has 0 saturated carbocycles. The third-order valence-electron chi connectivity index (χ3n) is 10.2. The van der Waals surface area contributed by atoms with E-state index >= 15 is 0 Å². The first kappa shape index (κ1) is 39.8. The van der Waals surface area contributed by atoms with Crippen molar-refractivity contribution in [3.63, 3.8) is 0 Å². The van der Waals surface area contributed by atoms with Crippen LogP contribution in [0.3, 0.4) is 0 Å². The molecular formula is C36H53N3O11Si. The number of nitrogens with zero attached hydrogens (tertiary/aromatic N) is 3. The second-order valence-electron chi connectivity index (χ2n) is 14.8. The molecule has 15 heteroatoms. The standard InChI is InChI=1S/C36H53N3O11Si/c1-9-18-48-34(45)39-20-27(50-51(7,8)35(4,5)6)19-25(39)21-49-26-14-12-24(13-15-26)30(41)38-17-16-28(40)29(38)31(42)37-22-36(23-37,32(43)46-10-2)33(44)47-11-3/h9,12-15,25,27-29,40H,1,10-11,16-23H2,2-8H3/t25-,27+,28-,29-/m0/s1. The highest BCUT2D eigenvalue weighted by molar-refractivity contribution is 6.74. The fraction of sp³-hybridized carbons (Fsp3) is 0.639. The van der Waals surface area contributed by atoms with Crippen molar-refractivity contribution in [3.8, 4) is 5.75 Å². The number of ether oxygens (including phenoxy) is 4. The molecule has 1 aromatic rings. The van der Waals surface area contributed by atoms with E-state index in [-0.39, 0.29) is 75.2 Å². The number of esters is 2. The van der Waals surface area contributed by atoms with E-state index in [4.69, 9.17) is 23.4 Å². The van der Waals surface area contributed by atoms with Gasteiger partial charge in [-0.1, -0.05) is 33.4 Å². The number of benzene rings is 1. The summed E-state index contributed by atoms with van der Waals surface area (Å²) in [7, 11) is -2.10. The first-order valence-electron chi connectivity index (χ1n) is 17.6. The average Bonchev–Trinajstić information content (AvgIpc) is 3.64. The van der Waals surface area contributed by atoms with Gasteiger partial charge in [0.25, 0.3) is 5.91 Å². The summed E-state index contributed by atoms with van der Waals surface area (Å²) < 4.78 is 28.2. The van der Waals surface area contributed by atoms with E-state index in [2.05, 4.69) is 40.4 Å². The molecule has 3 aliphatic heterocycles. The van der Waals surface area contributed by atoms with Gasteiger partial charge >= 0.3 is 18.0 Å². The number of aliphatic hydroxyl groups excluding tert-OH is 1. The molecule has 0 spiro atoms. The summed E-state index contributed by atoms with van der Waals surface area (Å²) in [6, 6.07) is 4.94. The molecule has 1 aromatic carbocycles. The van der Waals surface area contributed by atoms with Crippen molar-refractivity contribution in [2.45, 2.75) is 89.9 Å². The summed E-state index contributed by atoms with van der Waals surface area (Å²) >= 11 is 0. The zero-order chi connectivity index (χ0) is 37.7. The second-order valence-corrected chi connectivity index (χ2v) is 19.5. The van der Waals surface area contributed by atoms with Crippen molar-refractivity contribution in [2.75, 3.05) is 52.6 Å². The van der Waals surface area contributed by atoms with Gasteiger partial charge in [0, 0.05) is 31.7 Å². The highest BCUT2D eigenvalue weighted by Crippen LogP contribution is 2.39. The van der Waals surface area contributed by atoms with Gasteiger partial charge in [-0.15, -0.1) is 0 Å². The predicted molar refractivity (Wildman–Crippen MR) is 188 cm³/mol. The van der Waals surface area contributed by atoms with Gasteiger partial charge in [0.1, 0.15) is 25.0 Å². The molecule has 3 aliphatic rings. The third-order valence-corrected chi connectivity index (χ3v) is 14.7. The fourth-order valence-corrected chi connectivity index (χ4v) is 7.69. The zero-order valence-electron chi connectivity index (χ0n) is 30.8. The first-order valence-corrected chi connectivity index (χ1v) is 20.5. The predicted octanol–water partition coefficient (Wildman–Crippen LogP) is 3.38. The molecule has 3 saturated heterocycles. The molecule has 51 heavy (non-hydrogen) atoms. The summed E-state index contributed by atoms with van der Waals surface area (Å²) in [6.45, 7) is 18.1. The lowest BCUT2D eigenvalue weighted by Crippen LogP contribution is -2.69. The number of rotatable bonds is 13. The molecule has 4 atom stereocenters. The largest absolute Gasteiger partial charge is 0.491 e. The minimum Gasteiger partial charge on any atom is -0.491 e. The smallest absolute Gasteiger partial charge is 0.410 e. The Morgan fingerprint density at radius 1 is 0.980 bits per heavy atom. The van der Waals surface area contributed by atoms with Gasteiger partial charge in [-0.3, -0.25) is 24.1 Å². The van der Waals surface area contributed by atoms with Gasteiger partial charge in [-0.25, -0.2) is 4.79 Å². The van der Waals surface area contributed by atoms with Crippen LogP contribution < -0.4 is 4.74 Å². The summed E-state index contributed by atoms with van der Waals surface area (Å²) in [6.07, 6.45) is 0.530. The molecule has 3 amide bonds. The van der Waals surface area contributed by atoms with E-state index in [9.17, 15) is 29.1 Å². The minimum absolute atomic E-state index is 0.00438. The molecule has 3 heterocycles. The number of hydrogen-bond acceptors (Lipinski definition) is 11. The molecular weight excluding hydrogens is 678 g/mol. The van der Waals surface area contributed by atoms with Gasteiger partial charge in [0.05, 0.1) is 31.5 Å². The maximum atomic E-state index is 13.6. The lowest BCUT2D eigenvalue weighted by molar-refractivity contribution is -0.188. The van der Waals surface area contributed by atoms with Crippen molar-refractivity contribution in [1.82, 2.24) is 14.7 Å². The van der Waals surface area contributed by atoms with Crippen LogP contribution in [0.4, 0.5) is 4.79 Å². The highest BCUT2D eigenvalue weighted by Gasteiger charge is 2.61. The first-order chi connectivity index (χ1) is 24.0. The van der Waals surface area contributed by atoms with Gasteiger partial charge in [0.15, 0.2) is 13.7 Å².